The molecule has 0 saturated heterocycles. The molecule has 2 rings (SSSR count). The van der Waals surface area contributed by atoms with E-state index in [1.165, 1.54) is 0 Å². The van der Waals surface area contributed by atoms with E-state index in [9.17, 15) is 4.79 Å². The van der Waals surface area contributed by atoms with Crippen LogP contribution in [0.15, 0.2) is 60.7 Å². The maximum atomic E-state index is 11.6. The molecule has 0 spiro atoms. The van der Waals surface area contributed by atoms with Gasteiger partial charge in [-0.2, -0.15) is 0 Å². The van der Waals surface area contributed by atoms with Gasteiger partial charge >= 0.3 is 35.5 Å². The van der Waals surface area contributed by atoms with E-state index in [2.05, 4.69) is 0 Å². The Morgan fingerprint density at radius 2 is 1.47 bits per heavy atom. The van der Waals surface area contributed by atoms with Gasteiger partial charge in [-0.1, -0.05) is 48.5 Å². The quantitative estimate of drug-likeness (QED) is 0.560. The standard InChI is InChI=1S/C14H12O2.Na.H/c15-14(13-9-5-2-6-10-13)16-11-12-7-3-1-4-8-12;;/h1-10H,11H2;;/q;+1;-1. The van der Waals surface area contributed by atoms with Crippen molar-refractivity contribution >= 4 is 5.97 Å². The Kier molecular flexibility index (Phi) is 5.98. The van der Waals surface area contributed by atoms with Gasteiger partial charge in [-0.25, -0.2) is 4.79 Å². The summed E-state index contributed by atoms with van der Waals surface area (Å²) in [5, 5.41) is 0. The topological polar surface area (TPSA) is 26.3 Å². The van der Waals surface area contributed by atoms with Crippen molar-refractivity contribution < 1.29 is 40.5 Å². The fourth-order valence-electron chi connectivity index (χ4n) is 1.38. The van der Waals surface area contributed by atoms with Crippen LogP contribution < -0.4 is 29.6 Å². The summed E-state index contributed by atoms with van der Waals surface area (Å²) < 4.78 is 5.18. The van der Waals surface area contributed by atoms with Crippen molar-refractivity contribution in [3.05, 3.63) is 71.8 Å². The van der Waals surface area contributed by atoms with Gasteiger partial charge in [0.2, 0.25) is 0 Å². The van der Waals surface area contributed by atoms with E-state index in [1.807, 2.05) is 48.5 Å². The number of carbonyl (C=O) groups is 1. The minimum Gasteiger partial charge on any atom is -1.00 e. The minimum atomic E-state index is -0.288. The van der Waals surface area contributed by atoms with E-state index >= 15 is 0 Å². The first kappa shape index (κ1) is 14.0. The molecule has 0 heterocycles. The van der Waals surface area contributed by atoms with E-state index in [1.54, 1.807) is 12.1 Å². The molecule has 0 radical (unpaired) electrons. The Labute approximate surface area is 124 Å². The van der Waals surface area contributed by atoms with Gasteiger partial charge < -0.3 is 6.16 Å². The first-order chi connectivity index (χ1) is 7.86. The molecule has 2 nitrogen and oxygen atoms in total. The molecule has 17 heavy (non-hydrogen) atoms. The monoisotopic (exact) mass is 236 g/mol. The zero-order valence-electron chi connectivity index (χ0n) is 10.8. The summed E-state index contributed by atoms with van der Waals surface area (Å²) in [5.41, 5.74) is 1.57. The number of benzene rings is 2. The van der Waals surface area contributed by atoms with Crippen LogP contribution in [-0.2, 0) is 11.3 Å². The van der Waals surface area contributed by atoms with E-state index in [4.69, 9.17) is 4.74 Å². The van der Waals surface area contributed by atoms with Crippen molar-refractivity contribution in [1.82, 2.24) is 0 Å². The third-order valence-corrected chi connectivity index (χ3v) is 2.22. The van der Waals surface area contributed by atoms with Gasteiger partial charge in [-0.3, -0.25) is 0 Å². The van der Waals surface area contributed by atoms with Gasteiger partial charge in [0, 0.05) is 0 Å². The maximum Gasteiger partial charge on any atom is 1.00 e. The van der Waals surface area contributed by atoms with Crippen molar-refractivity contribution in [1.29, 1.82) is 0 Å². The molecule has 0 fully saturated rings. The van der Waals surface area contributed by atoms with Gasteiger partial charge in [0.25, 0.3) is 0 Å². The van der Waals surface area contributed by atoms with Crippen molar-refractivity contribution in [2.24, 2.45) is 0 Å². The van der Waals surface area contributed by atoms with E-state index in [-0.39, 0.29) is 37.0 Å². The summed E-state index contributed by atoms with van der Waals surface area (Å²) in [5.74, 6) is -0.288. The third kappa shape index (κ3) is 4.35. The predicted molar refractivity (Wildman–Crippen MR) is 63.1 cm³/mol. The number of rotatable bonds is 3. The Balaban J connectivity index is 0.00000144. The molecule has 0 N–H and O–H groups in total. The fraction of sp³-hybridized carbons (Fsp3) is 0.0714. The van der Waals surface area contributed by atoms with Crippen LogP contribution >= 0.6 is 0 Å². The predicted octanol–water partition coefficient (Wildman–Crippen LogP) is 0.160. The van der Waals surface area contributed by atoms with Crippen molar-refractivity contribution in [2.45, 2.75) is 6.61 Å². The normalized spacial score (nSPS) is 9.18. The second-order valence-electron chi connectivity index (χ2n) is 3.43. The van der Waals surface area contributed by atoms with Crippen LogP contribution in [-0.4, -0.2) is 5.97 Å². The summed E-state index contributed by atoms with van der Waals surface area (Å²) in [6.45, 7) is 0.314. The second kappa shape index (κ2) is 7.28. The number of hydrogen-bond acceptors (Lipinski definition) is 2. The Hall–Kier alpha value is -1.09. The van der Waals surface area contributed by atoms with Crippen LogP contribution in [0.2, 0.25) is 0 Å². The summed E-state index contributed by atoms with van der Waals surface area (Å²) in [6.07, 6.45) is 0. The van der Waals surface area contributed by atoms with Gasteiger partial charge in [0.1, 0.15) is 6.61 Å². The van der Waals surface area contributed by atoms with Crippen LogP contribution in [0.1, 0.15) is 17.3 Å². The largest absolute Gasteiger partial charge is 1.00 e. The molecule has 82 valence electrons. The zero-order valence-corrected chi connectivity index (χ0v) is 11.8. The third-order valence-electron chi connectivity index (χ3n) is 2.22. The molecule has 3 heteroatoms. The number of esters is 1. The zero-order chi connectivity index (χ0) is 11.2. The Bertz CT molecular complexity index is 460. The number of hydrogen-bond donors (Lipinski definition) is 0. The molecular weight excluding hydrogens is 223 g/mol. The molecular formula is C14H13NaO2. The summed E-state index contributed by atoms with van der Waals surface area (Å²) in [6, 6.07) is 18.6. The molecule has 0 saturated carbocycles. The molecule has 0 aliphatic carbocycles. The molecule has 0 bridgehead atoms. The minimum absolute atomic E-state index is 0. The summed E-state index contributed by atoms with van der Waals surface area (Å²) in [4.78, 5) is 11.6. The average molecular weight is 236 g/mol. The first-order valence-corrected chi connectivity index (χ1v) is 5.12. The Morgan fingerprint density at radius 3 is 2.06 bits per heavy atom. The maximum absolute atomic E-state index is 11.6. The second-order valence-corrected chi connectivity index (χ2v) is 3.43. The SMILES string of the molecule is O=C(OCc1ccccc1)c1ccccc1.[H-].[Na+]. The van der Waals surface area contributed by atoms with Gasteiger partial charge in [0.15, 0.2) is 0 Å². The summed E-state index contributed by atoms with van der Waals surface area (Å²) in [7, 11) is 0. The van der Waals surface area contributed by atoms with Crippen LogP contribution in [0.25, 0.3) is 0 Å². The molecule has 0 aliphatic heterocycles. The van der Waals surface area contributed by atoms with E-state index in [0.29, 0.717) is 12.2 Å². The van der Waals surface area contributed by atoms with Crippen LogP contribution in [0, 0.1) is 0 Å². The summed E-state index contributed by atoms with van der Waals surface area (Å²) >= 11 is 0. The van der Waals surface area contributed by atoms with Crippen molar-refractivity contribution in [3.8, 4) is 0 Å². The van der Waals surface area contributed by atoms with E-state index < -0.39 is 0 Å². The van der Waals surface area contributed by atoms with Crippen LogP contribution in [0.4, 0.5) is 0 Å². The molecule has 2 aromatic carbocycles. The average Bonchev–Trinajstić information content (AvgIpc) is 2.38. The number of ether oxygens (including phenoxy) is 1. The van der Waals surface area contributed by atoms with Crippen LogP contribution in [0.5, 0.6) is 0 Å². The smallest absolute Gasteiger partial charge is 1.00 e. The Morgan fingerprint density at radius 1 is 0.941 bits per heavy atom. The molecule has 2 aromatic rings. The molecule has 0 aliphatic rings. The van der Waals surface area contributed by atoms with Crippen LogP contribution in [0.3, 0.4) is 0 Å². The molecule has 0 aromatic heterocycles. The first-order valence-electron chi connectivity index (χ1n) is 5.12. The van der Waals surface area contributed by atoms with Gasteiger partial charge in [0.05, 0.1) is 5.56 Å². The van der Waals surface area contributed by atoms with Crippen molar-refractivity contribution in [3.63, 3.8) is 0 Å². The molecule has 0 unspecified atom stereocenters. The number of carbonyl (C=O) groups excluding carboxylic acids is 1. The molecule has 0 amide bonds. The van der Waals surface area contributed by atoms with E-state index in [0.717, 1.165) is 5.56 Å². The van der Waals surface area contributed by atoms with Gasteiger partial charge in [-0.15, -0.1) is 0 Å². The molecule has 0 atom stereocenters. The van der Waals surface area contributed by atoms with Gasteiger partial charge in [-0.05, 0) is 17.7 Å². The van der Waals surface area contributed by atoms with Crippen molar-refractivity contribution in [2.75, 3.05) is 0 Å². The fourth-order valence-corrected chi connectivity index (χ4v) is 1.38.